The van der Waals surface area contributed by atoms with Crippen molar-refractivity contribution in [1.82, 2.24) is 19.8 Å². The van der Waals surface area contributed by atoms with Gasteiger partial charge in [0.1, 0.15) is 17.7 Å². The molecule has 0 aromatic rings. The number of nitrogens with zero attached hydrogens (tertiary/aromatic N) is 2. The number of nitrogens with one attached hydrogen (secondary N) is 2. The molecule has 0 radical (unpaired) electrons. The molecule has 1 heterocycles. The summed E-state index contributed by atoms with van der Waals surface area (Å²) in [6.07, 6.45) is 2.89. The van der Waals surface area contributed by atoms with E-state index in [9.17, 15) is 32.7 Å². The van der Waals surface area contributed by atoms with Crippen LogP contribution in [0.1, 0.15) is 73.6 Å². The van der Waals surface area contributed by atoms with E-state index in [1.165, 1.54) is 16.0 Å². The summed E-state index contributed by atoms with van der Waals surface area (Å²) in [7, 11) is -3.73. The van der Waals surface area contributed by atoms with Crippen LogP contribution in [0.5, 0.6) is 0 Å². The fourth-order valence-electron chi connectivity index (χ4n) is 4.22. The number of likely N-dealkylation sites (tertiary alicyclic amines) is 1. The third-order valence-corrected chi connectivity index (χ3v) is 8.24. The average molecular weight is 557 g/mol. The van der Waals surface area contributed by atoms with Gasteiger partial charge in [0.25, 0.3) is 5.91 Å². The standard InChI is InChI=1S/C25H40N4O8S/c1-24(2,3)20(26-23(34)37-25(4,5)6)22(33)29-14-16(30)13-18(29)21(32)28(15-7-8-15)12-11-19(31)27-38(35,36)17-9-10-17/h11-12,15-18,20,30H,7-10,13-14H2,1-6H3,(H,26,34)(H,27,31). The molecule has 3 fully saturated rings. The Kier molecular flexibility index (Phi) is 8.52. The maximum absolute atomic E-state index is 13.7. The minimum atomic E-state index is -3.73. The average Bonchev–Trinajstić information content (AvgIpc) is 3.66. The highest BCUT2D eigenvalue weighted by atomic mass is 32.2. The Morgan fingerprint density at radius 1 is 1.05 bits per heavy atom. The van der Waals surface area contributed by atoms with Crippen LogP contribution in [0.3, 0.4) is 0 Å². The van der Waals surface area contributed by atoms with Crippen molar-refractivity contribution in [2.24, 2.45) is 5.41 Å². The molecular weight excluding hydrogens is 516 g/mol. The lowest BCUT2D eigenvalue weighted by Gasteiger charge is -2.36. The molecule has 2 saturated carbocycles. The number of aliphatic hydroxyl groups is 1. The van der Waals surface area contributed by atoms with Gasteiger partial charge in [0.05, 0.1) is 11.4 Å². The van der Waals surface area contributed by atoms with Gasteiger partial charge in [0.15, 0.2) is 0 Å². The van der Waals surface area contributed by atoms with E-state index in [0.717, 1.165) is 6.08 Å². The zero-order chi connectivity index (χ0) is 28.6. The Balaban J connectivity index is 1.77. The second-order valence-corrected chi connectivity index (χ2v) is 14.3. The summed E-state index contributed by atoms with van der Waals surface area (Å²) in [6, 6.07) is -2.26. The smallest absolute Gasteiger partial charge is 0.408 e. The Morgan fingerprint density at radius 3 is 2.16 bits per heavy atom. The number of hydrogen-bond acceptors (Lipinski definition) is 8. The van der Waals surface area contributed by atoms with Crippen LogP contribution >= 0.6 is 0 Å². The Morgan fingerprint density at radius 2 is 1.66 bits per heavy atom. The van der Waals surface area contributed by atoms with Crippen LogP contribution in [0.25, 0.3) is 0 Å². The van der Waals surface area contributed by atoms with E-state index >= 15 is 0 Å². The van der Waals surface area contributed by atoms with Crippen LogP contribution in [-0.4, -0.2) is 88.8 Å². The Labute approximate surface area is 224 Å². The van der Waals surface area contributed by atoms with E-state index in [0.29, 0.717) is 25.7 Å². The van der Waals surface area contributed by atoms with Crippen molar-refractivity contribution >= 4 is 33.8 Å². The third kappa shape index (κ3) is 7.92. The van der Waals surface area contributed by atoms with Crippen molar-refractivity contribution in [2.75, 3.05) is 6.54 Å². The van der Waals surface area contributed by atoms with E-state index in [-0.39, 0.29) is 19.0 Å². The van der Waals surface area contributed by atoms with Gasteiger partial charge in [0.2, 0.25) is 21.8 Å². The summed E-state index contributed by atoms with van der Waals surface area (Å²) in [5.74, 6) is -1.88. The molecule has 13 heteroatoms. The lowest BCUT2D eigenvalue weighted by molar-refractivity contribution is -0.145. The maximum Gasteiger partial charge on any atom is 0.408 e. The molecule has 1 aliphatic heterocycles. The molecule has 2 aliphatic carbocycles. The van der Waals surface area contributed by atoms with Gasteiger partial charge in [-0.05, 0) is 51.9 Å². The van der Waals surface area contributed by atoms with Crippen LogP contribution in [0, 0.1) is 5.41 Å². The SMILES string of the molecule is CC(C)(C)OC(=O)NC(C(=O)N1CC(O)CC1C(=O)N(C=CC(=O)NS(=O)(=O)C1CC1)C1CC1)C(C)(C)C. The largest absolute Gasteiger partial charge is 0.444 e. The topological polar surface area (TPSA) is 162 Å². The molecule has 4 amide bonds. The first-order chi connectivity index (χ1) is 17.4. The number of amides is 4. The quantitative estimate of drug-likeness (QED) is 0.373. The van der Waals surface area contributed by atoms with E-state index in [2.05, 4.69) is 5.32 Å². The third-order valence-electron chi connectivity index (χ3n) is 6.41. The number of β-amino-alcohol motifs (C(OH)–C–C–N with tert-alkyl or cyclic N) is 1. The van der Waals surface area contributed by atoms with Gasteiger partial charge in [-0.15, -0.1) is 0 Å². The second-order valence-electron chi connectivity index (χ2n) is 12.3. The summed E-state index contributed by atoms with van der Waals surface area (Å²) in [5.41, 5.74) is -1.52. The summed E-state index contributed by atoms with van der Waals surface area (Å²) < 4.78 is 31.4. The molecule has 3 atom stereocenters. The van der Waals surface area contributed by atoms with Gasteiger partial charge in [-0.25, -0.2) is 17.9 Å². The van der Waals surface area contributed by atoms with Crippen LogP contribution in [0.2, 0.25) is 0 Å². The zero-order valence-corrected chi connectivity index (χ0v) is 23.7. The molecule has 0 aromatic carbocycles. The van der Waals surface area contributed by atoms with Gasteiger partial charge in [0, 0.05) is 31.3 Å². The molecule has 1 saturated heterocycles. The molecule has 0 aromatic heterocycles. The molecule has 0 bridgehead atoms. The Bertz CT molecular complexity index is 1080. The van der Waals surface area contributed by atoms with E-state index in [1.807, 2.05) is 4.72 Å². The highest BCUT2D eigenvalue weighted by Crippen LogP contribution is 2.32. The molecule has 214 valence electrons. The van der Waals surface area contributed by atoms with Crippen LogP contribution in [-0.2, 0) is 29.1 Å². The predicted octanol–water partition coefficient (Wildman–Crippen LogP) is 1.00. The van der Waals surface area contributed by atoms with Crippen molar-refractivity contribution < 1.29 is 37.4 Å². The molecule has 0 spiro atoms. The van der Waals surface area contributed by atoms with Crippen molar-refractivity contribution in [2.45, 2.75) is 109 Å². The fraction of sp³-hybridized carbons (Fsp3) is 0.760. The summed E-state index contributed by atoms with van der Waals surface area (Å²) in [5, 5.41) is 12.5. The molecule has 3 unspecified atom stereocenters. The molecule has 3 aliphatic rings. The first-order valence-corrected chi connectivity index (χ1v) is 14.5. The van der Waals surface area contributed by atoms with Crippen molar-refractivity contribution in [3.8, 4) is 0 Å². The minimum absolute atomic E-state index is 0.00676. The van der Waals surface area contributed by atoms with E-state index in [1.54, 1.807) is 41.5 Å². The maximum atomic E-state index is 13.7. The Hall–Kier alpha value is -2.67. The normalized spacial score (nSPS) is 23.2. The number of rotatable bonds is 8. The number of alkyl carbamates (subject to hydrolysis) is 1. The number of carbonyl (C=O) groups is 4. The van der Waals surface area contributed by atoms with Crippen molar-refractivity contribution in [3.05, 3.63) is 12.3 Å². The number of sulfonamides is 1. The second kappa shape index (κ2) is 10.8. The first-order valence-electron chi connectivity index (χ1n) is 12.9. The molecular formula is C25H40N4O8S. The highest BCUT2D eigenvalue weighted by molar-refractivity contribution is 7.91. The molecule has 3 rings (SSSR count). The zero-order valence-electron chi connectivity index (χ0n) is 22.9. The summed E-state index contributed by atoms with van der Waals surface area (Å²) in [6.45, 7) is 10.3. The first kappa shape index (κ1) is 29.9. The van der Waals surface area contributed by atoms with Gasteiger partial charge >= 0.3 is 6.09 Å². The van der Waals surface area contributed by atoms with Crippen LogP contribution < -0.4 is 10.0 Å². The highest BCUT2D eigenvalue weighted by Gasteiger charge is 2.47. The van der Waals surface area contributed by atoms with Crippen LogP contribution in [0.15, 0.2) is 12.3 Å². The summed E-state index contributed by atoms with van der Waals surface area (Å²) in [4.78, 5) is 54.6. The number of carbonyl (C=O) groups excluding carboxylic acids is 4. The monoisotopic (exact) mass is 556 g/mol. The van der Waals surface area contributed by atoms with Gasteiger partial charge in [-0.2, -0.15) is 0 Å². The van der Waals surface area contributed by atoms with E-state index in [4.69, 9.17) is 4.74 Å². The molecule has 38 heavy (non-hydrogen) atoms. The lowest BCUT2D eigenvalue weighted by atomic mass is 9.85. The van der Waals surface area contributed by atoms with Gasteiger partial charge in [-0.3, -0.25) is 14.4 Å². The number of aliphatic hydroxyl groups excluding tert-OH is 1. The number of ether oxygens (including phenoxy) is 1. The van der Waals surface area contributed by atoms with E-state index < -0.39 is 68.3 Å². The number of hydrogen-bond donors (Lipinski definition) is 3. The predicted molar refractivity (Wildman–Crippen MR) is 138 cm³/mol. The van der Waals surface area contributed by atoms with Crippen molar-refractivity contribution in [1.29, 1.82) is 0 Å². The molecule has 3 N–H and O–H groups in total. The molecule has 12 nitrogen and oxygen atoms in total. The van der Waals surface area contributed by atoms with Gasteiger partial charge in [-0.1, -0.05) is 20.8 Å². The fourth-order valence-corrected chi connectivity index (χ4v) is 5.49. The minimum Gasteiger partial charge on any atom is -0.444 e. The van der Waals surface area contributed by atoms with Gasteiger partial charge < -0.3 is 25.0 Å². The lowest BCUT2D eigenvalue weighted by Crippen LogP contribution is -2.58. The van der Waals surface area contributed by atoms with Crippen LogP contribution in [0.4, 0.5) is 4.79 Å². The van der Waals surface area contributed by atoms with Crippen molar-refractivity contribution in [3.63, 3.8) is 0 Å². The summed E-state index contributed by atoms with van der Waals surface area (Å²) >= 11 is 0.